The Labute approximate surface area is 159 Å². The number of halogens is 3. The van der Waals surface area contributed by atoms with Crippen molar-refractivity contribution in [1.29, 1.82) is 0 Å². The Bertz CT molecular complexity index is 828. The van der Waals surface area contributed by atoms with E-state index in [9.17, 15) is 18.0 Å². The van der Waals surface area contributed by atoms with Gasteiger partial charge in [0.2, 0.25) is 5.91 Å². The Balaban J connectivity index is 1.89. The topological polar surface area (TPSA) is 38.8 Å². The van der Waals surface area contributed by atoms with E-state index in [1.807, 2.05) is 31.2 Å². The fourth-order valence-electron chi connectivity index (χ4n) is 3.04. The summed E-state index contributed by atoms with van der Waals surface area (Å²) in [7, 11) is 1.57. The van der Waals surface area contributed by atoms with Crippen molar-refractivity contribution in [3.8, 4) is 11.5 Å². The molecular formula is C19H18F3NO3S. The normalized spacial score (nSPS) is 18.5. The highest BCUT2D eigenvalue weighted by molar-refractivity contribution is 8.00. The van der Waals surface area contributed by atoms with Crippen LogP contribution in [0.1, 0.15) is 29.5 Å². The van der Waals surface area contributed by atoms with Crippen LogP contribution in [0.3, 0.4) is 0 Å². The van der Waals surface area contributed by atoms with Crippen LogP contribution in [0.25, 0.3) is 0 Å². The third-order valence-corrected chi connectivity index (χ3v) is 5.50. The summed E-state index contributed by atoms with van der Waals surface area (Å²) in [6.45, 7) is 1.89. The quantitative estimate of drug-likeness (QED) is 0.717. The molecular weight excluding hydrogens is 379 g/mol. The second kappa shape index (κ2) is 7.72. The molecule has 1 fully saturated rings. The first-order valence-corrected chi connectivity index (χ1v) is 9.26. The monoisotopic (exact) mass is 397 g/mol. The molecule has 144 valence electrons. The standard InChI is InChI=1S/C19H18F3NO3S/c1-12(13-5-3-7-15(9-13)25-2)23-17(24)11-27-18(23)14-6-4-8-16(10-14)26-19(20,21)22/h3-10,12,18H,11H2,1-2H3. The predicted octanol–water partition coefficient (Wildman–Crippen LogP) is 4.93. The average Bonchev–Trinajstić information content (AvgIpc) is 3.01. The number of methoxy groups -OCH3 is 1. The van der Waals surface area contributed by atoms with Gasteiger partial charge in [-0.3, -0.25) is 4.79 Å². The van der Waals surface area contributed by atoms with Crippen LogP contribution < -0.4 is 9.47 Å². The third-order valence-electron chi connectivity index (χ3n) is 4.28. The zero-order chi connectivity index (χ0) is 19.6. The van der Waals surface area contributed by atoms with E-state index in [1.54, 1.807) is 18.1 Å². The third kappa shape index (κ3) is 4.50. The van der Waals surface area contributed by atoms with Gasteiger partial charge in [-0.05, 0) is 42.3 Å². The van der Waals surface area contributed by atoms with Gasteiger partial charge < -0.3 is 14.4 Å². The van der Waals surface area contributed by atoms with E-state index in [0.717, 1.165) is 5.56 Å². The van der Waals surface area contributed by atoms with Gasteiger partial charge >= 0.3 is 6.36 Å². The number of ether oxygens (including phenoxy) is 2. The first-order valence-electron chi connectivity index (χ1n) is 8.21. The van der Waals surface area contributed by atoms with Crippen LogP contribution >= 0.6 is 11.8 Å². The van der Waals surface area contributed by atoms with Gasteiger partial charge in [-0.1, -0.05) is 24.3 Å². The van der Waals surface area contributed by atoms with Crippen molar-refractivity contribution >= 4 is 17.7 Å². The number of carbonyl (C=O) groups is 1. The molecule has 0 N–H and O–H groups in total. The van der Waals surface area contributed by atoms with E-state index in [2.05, 4.69) is 4.74 Å². The SMILES string of the molecule is COc1cccc(C(C)N2C(=O)CSC2c2cccc(OC(F)(F)F)c2)c1. The molecule has 0 spiro atoms. The molecule has 0 saturated carbocycles. The maximum atomic E-state index is 12.5. The van der Waals surface area contributed by atoms with Crippen LogP contribution in [0.2, 0.25) is 0 Å². The van der Waals surface area contributed by atoms with Crippen LogP contribution in [0, 0.1) is 0 Å². The van der Waals surface area contributed by atoms with Crippen molar-refractivity contribution in [2.75, 3.05) is 12.9 Å². The Morgan fingerprint density at radius 3 is 2.56 bits per heavy atom. The number of benzene rings is 2. The fraction of sp³-hybridized carbons (Fsp3) is 0.316. The highest BCUT2D eigenvalue weighted by Gasteiger charge is 2.37. The van der Waals surface area contributed by atoms with Gasteiger partial charge in [0.25, 0.3) is 0 Å². The minimum absolute atomic E-state index is 0.0672. The maximum absolute atomic E-state index is 12.5. The number of nitrogens with zero attached hydrogens (tertiary/aromatic N) is 1. The lowest BCUT2D eigenvalue weighted by Crippen LogP contribution is -2.31. The summed E-state index contributed by atoms with van der Waals surface area (Å²) in [4.78, 5) is 14.2. The minimum atomic E-state index is -4.76. The molecule has 3 rings (SSSR count). The van der Waals surface area contributed by atoms with Gasteiger partial charge in [-0.25, -0.2) is 0 Å². The molecule has 0 aromatic heterocycles. The molecule has 1 aliphatic rings. The van der Waals surface area contributed by atoms with Gasteiger partial charge in [0.15, 0.2) is 0 Å². The number of amides is 1. The molecule has 0 bridgehead atoms. The van der Waals surface area contributed by atoms with E-state index in [4.69, 9.17) is 4.74 Å². The molecule has 1 heterocycles. The van der Waals surface area contributed by atoms with Crippen molar-refractivity contribution in [1.82, 2.24) is 4.90 Å². The highest BCUT2D eigenvalue weighted by atomic mass is 32.2. The van der Waals surface area contributed by atoms with Crippen molar-refractivity contribution in [2.24, 2.45) is 0 Å². The lowest BCUT2D eigenvalue weighted by molar-refractivity contribution is -0.274. The van der Waals surface area contributed by atoms with Gasteiger partial charge in [0.05, 0.1) is 18.9 Å². The molecule has 0 aliphatic carbocycles. The van der Waals surface area contributed by atoms with E-state index in [-0.39, 0.29) is 23.5 Å². The first-order chi connectivity index (χ1) is 12.8. The number of alkyl halides is 3. The first kappa shape index (κ1) is 19.4. The number of hydrogen-bond acceptors (Lipinski definition) is 4. The Morgan fingerprint density at radius 2 is 1.85 bits per heavy atom. The number of carbonyl (C=O) groups excluding carboxylic acids is 1. The zero-order valence-electron chi connectivity index (χ0n) is 14.7. The largest absolute Gasteiger partial charge is 0.573 e. The highest BCUT2D eigenvalue weighted by Crippen LogP contribution is 2.44. The van der Waals surface area contributed by atoms with Gasteiger partial charge in [-0.15, -0.1) is 24.9 Å². The zero-order valence-corrected chi connectivity index (χ0v) is 15.5. The molecule has 1 saturated heterocycles. The average molecular weight is 397 g/mol. The Kier molecular flexibility index (Phi) is 5.55. The van der Waals surface area contributed by atoms with E-state index in [0.29, 0.717) is 11.3 Å². The summed E-state index contributed by atoms with van der Waals surface area (Å²) < 4.78 is 46.8. The molecule has 8 heteroatoms. The Hall–Kier alpha value is -2.35. The second-order valence-corrected chi connectivity index (χ2v) is 7.11. The molecule has 0 radical (unpaired) electrons. The summed E-state index contributed by atoms with van der Waals surface area (Å²) in [5.74, 6) is 0.579. The molecule has 2 unspecified atom stereocenters. The van der Waals surface area contributed by atoms with E-state index >= 15 is 0 Å². The Morgan fingerprint density at radius 1 is 1.15 bits per heavy atom. The number of thioether (sulfide) groups is 1. The van der Waals surface area contributed by atoms with E-state index < -0.39 is 11.7 Å². The van der Waals surface area contributed by atoms with Crippen LogP contribution in [0.4, 0.5) is 13.2 Å². The van der Waals surface area contributed by atoms with Crippen molar-refractivity contribution in [3.05, 3.63) is 59.7 Å². The minimum Gasteiger partial charge on any atom is -0.497 e. The molecule has 2 atom stereocenters. The van der Waals surface area contributed by atoms with Gasteiger partial charge in [-0.2, -0.15) is 0 Å². The lowest BCUT2D eigenvalue weighted by atomic mass is 10.1. The molecule has 2 aromatic rings. The summed E-state index contributed by atoms with van der Waals surface area (Å²) >= 11 is 1.38. The fourth-order valence-corrected chi connectivity index (χ4v) is 4.29. The van der Waals surface area contributed by atoms with Crippen LogP contribution in [-0.4, -0.2) is 30.0 Å². The van der Waals surface area contributed by atoms with Crippen molar-refractivity contribution in [2.45, 2.75) is 24.7 Å². The summed E-state index contributed by atoms with van der Waals surface area (Å²) in [5.41, 5.74) is 1.47. The molecule has 4 nitrogen and oxygen atoms in total. The summed E-state index contributed by atoms with van der Waals surface area (Å²) in [6.07, 6.45) is -4.76. The molecule has 27 heavy (non-hydrogen) atoms. The van der Waals surface area contributed by atoms with Gasteiger partial charge in [0, 0.05) is 0 Å². The summed E-state index contributed by atoms with van der Waals surface area (Å²) in [6, 6.07) is 12.9. The second-order valence-electron chi connectivity index (χ2n) is 6.04. The molecule has 2 aromatic carbocycles. The summed E-state index contributed by atoms with van der Waals surface area (Å²) in [5, 5.41) is -0.393. The molecule has 1 aliphatic heterocycles. The van der Waals surface area contributed by atoms with Crippen LogP contribution in [-0.2, 0) is 4.79 Å². The van der Waals surface area contributed by atoms with Crippen molar-refractivity contribution in [3.63, 3.8) is 0 Å². The van der Waals surface area contributed by atoms with Crippen LogP contribution in [0.15, 0.2) is 48.5 Å². The number of hydrogen-bond donors (Lipinski definition) is 0. The van der Waals surface area contributed by atoms with E-state index in [1.165, 1.54) is 30.0 Å². The van der Waals surface area contributed by atoms with Gasteiger partial charge in [0.1, 0.15) is 16.9 Å². The molecule has 1 amide bonds. The van der Waals surface area contributed by atoms with Crippen LogP contribution in [0.5, 0.6) is 11.5 Å². The maximum Gasteiger partial charge on any atom is 0.573 e. The predicted molar refractivity (Wildman–Crippen MR) is 96.6 cm³/mol. The smallest absolute Gasteiger partial charge is 0.497 e. The van der Waals surface area contributed by atoms with Crippen molar-refractivity contribution < 1.29 is 27.4 Å². The lowest BCUT2D eigenvalue weighted by Gasteiger charge is -2.31. The number of rotatable bonds is 5.